The highest BCUT2D eigenvalue weighted by Gasteiger charge is 2.31. The monoisotopic (exact) mass is 381 g/mol. The van der Waals surface area contributed by atoms with E-state index in [1.807, 2.05) is 24.4 Å². The molecule has 8 nitrogen and oxygen atoms in total. The lowest BCUT2D eigenvalue weighted by atomic mass is 10.2. The second-order valence-corrected chi connectivity index (χ2v) is 6.64. The van der Waals surface area contributed by atoms with Gasteiger partial charge in [-0.2, -0.15) is 4.98 Å². The van der Waals surface area contributed by atoms with Crippen molar-refractivity contribution >= 4 is 0 Å². The first-order valence-corrected chi connectivity index (χ1v) is 9.39. The van der Waals surface area contributed by atoms with Gasteiger partial charge in [0.15, 0.2) is 0 Å². The van der Waals surface area contributed by atoms with Crippen LogP contribution in [0.25, 0.3) is 11.4 Å². The summed E-state index contributed by atoms with van der Waals surface area (Å²) in [5, 5.41) is 4.19. The van der Waals surface area contributed by atoms with E-state index in [1.54, 1.807) is 19.5 Å². The Kier molecular flexibility index (Phi) is 5.89. The molecule has 1 atom stereocenters. The fourth-order valence-electron chi connectivity index (χ4n) is 3.40. The van der Waals surface area contributed by atoms with Crippen LogP contribution in [0.3, 0.4) is 0 Å². The van der Waals surface area contributed by atoms with Crippen LogP contribution in [0.15, 0.2) is 47.4 Å². The van der Waals surface area contributed by atoms with Crippen LogP contribution >= 0.6 is 0 Å². The Balaban J connectivity index is 1.51. The number of aromatic nitrogens is 4. The highest BCUT2D eigenvalue weighted by Crippen LogP contribution is 2.34. The third kappa shape index (κ3) is 4.18. The van der Waals surface area contributed by atoms with Gasteiger partial charge in [0.1, 0.15) is 6.61 Å². The van der Waals surface area contributed by atoms with Crippen LogP contribution in [0.2, 0.25) is 0 Å². The summed E-state index contributed by atoms with van der Waals surface area (Å²) in [6.07, 6.45) is 7.45. The summed E-state index contributed by atoms with van der Waals surface area (Å²) in [6, 6.07) is 7.86. The number of pyridine rings is 2. The number of likely N-dealkylation sites (tertiary alicyclic amines) is 1. The molecule has 4 heterocycles. The van der Waals surface area contributed by atoms with Gasteiger partial charge in [-0.25, -0.2) is 4.98 Å². The quantitative estimate of drug-likeness (QED) is 0.551. The molecule has 0 aromatic carbocycles. The van der Waals surface area contributed by atoms with Crippen molar-refractivity contribution in [3.05, 3.63) is 54.3 Å². The summed E-state index contributed by atoms with van der Waals surface area (Å²) in [5.74, 6) is 1.59. The normalized spacial score (nSPS) is 17.1. The standard InChI is InChI=1S/C20H23N5O3/c1-26-11-12-27-19-16(6-3-9-22-19)18-23-20(28-24-18)17-7-4-10-25(17)14-15-5-2-8-21-13-15/h2-3,5-6,8-9,13,17H,4,7,10-12,14H2,1H3. The minimum atomic E-state index is 0.107. The van der Waals surface area contributed by atoms with Gasteiger partial charge in [0.2, 0.25) is 17.6 Å². The Labute approximate surface area is 163 Å². The fraction of sp³-hybridized carbons (Fsp3) is 0.400. The molecule has 1 unspecified atom stereocenters. The van der Waals surface area contributed by atoms with E-state index in [-0.39, 0.29) is 6.04 Å². The van der Waals surface area contributed by atoms with Gasteiger partial charge in [-0.1, -0.05) is 11.2 Å². The predicted octanol–water partition coefficient (Wildman–Crippen LogP) is 2.89. The largest absolute Gasteiger partial charge is 0.475 e. The topological polar surface area (TPSA) is 86.4 Å². The second kappa shape index (κ2) is 8.90. The average molecular weight is 381 g/mol. The summed E-state index contributed by atoms with van der Waals surface area (Å²) in [6.45, 7) is 2.70. The molecule has 0 saturated carbocycles. The third-order valence-corrected chi connectivity index (χ3v) is 4.74. The Bertz CT molecular complexity index is 886. The molecule has 3 aromatic heterocycles. The molecule has 0 N–H and O–H groups in total. The molecular weight excluding hydrogens is 358 g/mol. The van der Waals surface area contributed by atoms with Crippen molar-refractivity contribution in [2.45, 2.75) is 25.4 Å². The molecule has 146 valence electrons. The van der Waals surface area contributed by atoms with E-state index in [0.29, 0.717) is 36.4 Å². The molecule has 28 heavy (non-hydrogen) atoms. The average Bonchev–Trinajstić information content (AvgIpc) is 3.39. The van der Waals surface area contributed by atoms with Gasteiger partial charge < -0.3 is 14.0 Å². The molecule has 1 saturated heterocycles. The van der Waals surface area contributed by atoms with Crippen molar-refractivity contribution < 1.29 is 14.0 Å². The van der Waals surface area contributed by atoms with Crippen LogP contribution in [-0.2, 0) is 11.3 Å². The van der Waals surface area contributed by atoms with Crippen LogP contribution in [0.1, 0.15) is 30.3 Å². The van der Waals surface area contributed by atoms with E-state index in [0.717, 1.165) is 25.9 Å². The number of nitrogens with zero attached hydrogens (tertiary/aromatic N) is 5. The first-order chi connectivity index (χ1) is 13.8. The predicted molar refractivity (Wildman–Crippen MR) is 102 cm³/mol. The number of rotatable bonds is 8. The van der Waals surface area contributed by atoms with Crippen LogP contribution in [0.5, 0.6) is 5.88 Å². The highest BCUT2D eigenvalue weighted by atomic mass is 16.5. The lowest BCUT2D eigenvalue weighted by Crippen LogP contribution is -2.23. The van der Waals surface area contributed by atoms with Gasteiger partial charge in [-0.15, -0.1) is 0 Å². The van der Waals surface area contributed by atoms with E-state index < -0.39 is 0 Å². The van der Waals surface area contributed by atoms with Gasteiger partial charge in [0.25, 0.3) is 0 Å². The highest BCUT2D eigenvalue weighted by molar-refractivity contribution is 5.60. The third-order valence-electron chi connectivity index (χ3n) is 4.74. The van der Waals surface area contributed by atoms with Crippen molar-refractivity contribution in [2.75, 3.05) is 26.9 Å². The zero-order chi connectivity index (χ0) is 19.2. The Hall–Kier alpha value is -2.84. The van der Waals surface area contributed by atoms with Gasteiger partial charge in [0, 0.05) is 32.2 Å². The molecule has 1 fully saturated rings. The van der Waals surface area contributed by atoms with E-state index in [9.17, 15) is 0 Å². The Morgan fingerprint density at radius 2 is 2.14 bits per heavy atom. The lowest BCUT2D eigenvalue weighted by molar-refractivity contribution is 0.144. The van der Waals surface area contributed by atoms with Gasteiger partial charge in [-0.05, 0) is 43.1 Å². The molecule has 0 aliphatic carbocycles. The van der Waals surface area contributed by atoms with Crippen LogP contribution in [0.4, 0.5) is 0 Å². The van der Waals surface area contributed by atoms with E-state index >= 15 is 0 Å². The summed E-state index contributed by atoms with van der Waals surface area (Å²) in [5.41, 5.74) is 1.89. The Morgan fingerprint density at radius 3 is 3.00 bits per heavy atom. The van der Waals surface area contributed by atoms with E-state index in [4.69, 9.17) is 14.0 Å². The lowest BCUT2D eigenvalue weighted by Gasteiger charge is -2.21. The number of methoxy groups -OCH3 is 1. The van der Waals surface area contributed by atoms with Crippen molar-refractivity contribution in [1.82, 2.24) is 25.0 Å². The molecule has 1 aliphatic heterocycles. The van der Waals surface area contributed by atoms with E-state index in [2.05, 4.69) is 31.1 Å². The molecule has 4 rings (SSSR count). The molecule has 1 aliphatic rings. The zero-order valence-electron chi connectivity index (χ0n) is 15.8. The minimum Gasteiger partial charge on any atom is -0.475 e. The van der Waals surface area contributed by atoms with Crippen molar-refractivity contribution in [1.29, 1.82) is 0 Å². The van der Waals surface area contributed by atoms with Gasteiger partial charge >= 0.3 is 0 Å². The molecule has 0 radical (unpaired) electrons. The number of hydrogen-bond donors (Lipinski definition) is 0. The SMILES string of the molecule is COCCOc1ncccc1-c1noc(C2CCCN2Cc2cccnc2)n1. The van der Waals surface area contributed by atoms with Crippen LogP contribution in [0, 0.1) is 0 Å². The first kappa shape index (κ1) is 18.5. The maximum atomic E-state index is 5.69. The molecule has 0 amide bonds. The summed E-state index contributed by atoms with van der Waals surface area (Å²) in [4.78, 5) is 15.5. The van der Waals surface area contributed by atoms with E-state index in [1.165, 1.54) is 5.56 Å². The minimum absolute atomic E-state index is 0.107. The Morgan fingerprint density at radius 1 is 1.21 bits per heavy atom. The number of ether oxygens (including phenoxy) is 2. The van der Waals surface area contributed by atoms with Crippen molar-refractivity contribution in [3.63, 3.8) is 0 Å². The molecular formula is C20H23N5O3. The molecule has 8 heteroatoms. The first-order valence-electron chi connectivity index (χ1n) is 9.39. The maximum Gasteiger partial charge on any atom is 0.244 e. The second-order valence-electron chi connectivity index (χ2n) is 6.64. The summed E-state index contributed by atoms with van der Waals surface area (Å²) < 4.78 is 16.3. The van der Waals surface area contributed by atoms with Crippen LogP contribution in [-0.4, -0.2) is 51.9 Å². The zero-order valence-corrected chi connectivity index (χ0v) is 15.8. The molecule has 0 spiro atoms. The summed E-state index contributed by atoms with van der Waals surface area (Å²) in [7, 11) is 1.63. The molecule has 0 bridgehead atoms. The summed E-state index contributed by atoms with van der Waals surface area (Å²) >= 11 is 0. The van der Waals surface area contributed by atoms with Crippen LogP contribution < -0.4 is 4.74 Å². The van der Waals surface area contributed by atoms with Crippen molar-refractivity contribution in [2.24, 2.45) is 0 Å². The number of hydrogen-bond acceptors (Lipinski definition) is 8. The maximum absolute atomic E-state index is 5.69. The fourth-order valence-corrected chi connectivity index (χ4v) is 3.40. The van der Waals surface area contributed by atoms with Gasteiger partial charge in [-0.3, -0.25) is 9.88 Å². The van der Waals surface area contributed by atoms with Gasteiger partial charge in [0.05, 0.1) is 18.2 Å². The molecule has 3 aromatic rings. The smallest absolute Gasteiger partial charge is 0.244 e. The van der Waals surface area contributed by atoms with Crippen molar-refractivity contribution in [3.8, 4) is 17.3 Å².